The van der Waals surface area contributed by atoms with Gasteiger partial charge < -0.3 is 9.88 Å². The molecule has 2 aliphatic heterocycles. The Bertz CT molecular complexity index is 885. The predicted molar refractivity (Wildman–Crippen MR) is 104 cm³/mol. The van der Waals surface area contributed by atoms with E-state index in [1.165, 1.54) is 0 Å². The Morgan fingerprint density at radius 2 is 1.93 bits per heavy atom. The van der Waals surface area contributed by atoms with Crippen LogP contribution in [0.25, 0.3) is 10.9 Å². The standard InChI is InChI=1S/C20H27N5O2/c1-12(2)16-11-17(24-23-16)13-7-9-25(10-8-13)19(26)18-14-5-3-4-6-15(14)21-20(27)22-18/h3-6,12-13,16-17,23-24H,7-11H2,1-2H3,(H,21,22,27). The van der Waals surface area contributed by atoms with Gasteiger partial charge in [0.25, 0.3) is 5.91 Å². The maximum atomic E-state index is 13.0. The molecular formula is C20H27N5O2. The number of aromatic nitrogens is 2. The maximum Gasteiger partial charge on any atom is 0.346 e. The number of piperidine rings is 1. The van der Waals surface area contributed by atoms with E-state index in [1.807, 2.05) is 23.1 Å². The zero-order valence-electron chi connectivity index (χ0n) is 15.9. The van der Waals surface area contributed by atoms with Crippen LogP contribution in [0, 0.1) is 11.8 Å². The Hall–Kier alpha value is -2.25. The molecule has 1 aromatic heterocycles. The SMILES string of the molecule is CC(C)C1CC(C2CCN(C(=O)c3nc(=O)[nH]c4ccccc34)CC2)NN1. The molecule has 1 aromatic carbocycles. The van der Waals surface area contributed by atoms with Gasteiger partial charge in [0.2, 0.25) is 0 Å². The van der Waals surface area contributed by atoms with Gasteiger partial charge in [0.1, 0.15) is 5.69 Å². The minimum absolute atomic E-state index is 0.145. The summed E-state index contributed by atoms with van der Waals surface area (Å²) >= 11 is 0. The molecule has 27 heavy (non-hydrogen) atoms. The molecule has 7 heteroatoms. The van der Waals surface area contributed by atoms with E-state index in [2.05, 4.69) is 34.7 Å². The van der Waals surface area contributed by atoms with Crippen molar-refractivity contribution in [3.8, 4) is 0 Å². The van der Waals surface area contributed by atoms with E-state index in [1.54, 1.807) is 6.07 Å². The Morgan fingerprint density at radius 3 is 2.63 bits per heavy atom. The van der Waals surface area contributed by atoms with Crippen LogP contribution in [0.5, 0.6) is 0 Å². The summed E-state index contributed by atoms with van der Waals surface area (Å²) in [5, 5.41) is 0.700. The number of para-hydroxylation sites is 1. The molecule has 2 unspecified atom stereocenters. The van der Waals surface area contributed by atoms with Gasteiger partial charge in [-0.15, -0.1) is 0 Å². The van der Waals surface area contributed by atoms with Gasteiger partial charge >= 0.3 is 5.69 Å². The number of benzene rings is 1. The van der Waals surface area contributed by atoms with Gasteiger partial charge in [-0.3, -0.25) is 15.6 Å². The lowest BCUT2D eigenvalue weighted by molar-refractivity contribution is 0.0669. The first kappa shape index (κ1) is 18.1. The van der Waals surface area contributed by atoms with Gasteiger partial charge in [-0.25, -0.2) is 4.79 Å². The highest BCUT2D eigenvalue weighted by molar-refractivity contribution is 6.04. The molecule has 4 rings (SSSR count). The average molecular weight is 369 g/mol. The molecule has 0 radical (unpaired) electrons. The van der Waals surface area contributed by atoms with Crippen molar-refractivity contribution in [3.05, 3.63) is 40.4 Å². The minimum Gasteiger partial charge on any atom is -0.337 e. The Morgan fingerprint density at radius 1 is 1.19 bits per heavy atom. The Balaban J connectivity index is 1.45. The lowest BCUT2D eigenvalue weighted by Crippen LogP contribution is -2.45. The molecule has 2 fully saturated rings. The first-order chi connectivity index (χ1) is 13.0. The van der Waals surface area contributed by atoms with Gasteiger partial charge in [0.05, 0.1) is 5.52 Å². The van der Waals surface area contributed by atoms with Crippen molar-refractivity contribution in [3.63, 3.8) is 0 Å². The third-order valence-corrected chi connectivity index (χ3v) is 6.00. The maximum absolute atomic E-state index is 13.0. The number of nitrogens with one attached hydrogen (secondary N) is 3. The Kier molecular flexibility index (Phi) is 4.97. The highest BCUT2D eigenvalue weighted by atomic mass is 16.2. The number of nitrogens with zero attached hydrogens (tertiary/aromatic N) is 2. The van der Waals surface area contributed by atoms with E-state index in [0.29, 0.717) is 47.9 Å². The molecule has 2 saturated heterocycles. The van der Waals surface area contributed by atoms with Crippen LogP contribution in [0.15, 0.2) is 29.1 Å². The van der Waals surface area contributed by atoms with Crippen LogP contribution in [-0.4, -0.2) is 45.9 Å². The number of aromatic amines is 1. The van der Waals surface area contributed by atoms with Gasteiger partial charge in [-0.1, -0.05) is 32.0 Å². The molecule has 2 aliphatic rings. The van der Waals surface area contributed by atoms with Crippen LogP contribution in [0.3, 0.4) is 0 Å². The number of hydrogen-bond donors (Lipinski definition) is 3. The number of hydrogen-bond acceptors (Lipinski definition) is 5. The number of rotatable bonds is 3. The second-order valence-electron chi connectivity index (χ2n) is 8.05. The number of H-pyrrole nitrogens is 1. The number of amides is 1. The number of hydrazine groups is 1. The largest absolute Gasteiger partial charge is 0.346 e. The quantitative estimate of drug-likeness (QED) is 0.766. The van der Waals surface area contributed by atoms with Crippen molar-refractivity contribution < 1.29 is 4.79 Å². The summed E-state index contributed by atoms with van der Waals surface area (Å²) < 4.78 is 0. The number of fused-ring (bicyclic) bond motifs is 1. The van der Waals surface area contributed by atoms with E-state index in [-0.39, 0.29) is 11.6 Å². The zero-order chi connectivity index (χ0) is 19.0. The van der Waals surface area contributed by atoms with Crippen molar-refractivity contribution in [1.29, 1.82) is 0 Å². The molecule has 0 spiro atoms. The fourth-order valence-corrected chi connectivity index (χ4v) is 4.28. The summed E-state index contributed by atoms with van der Waals surface area (Å²) in [5.41, 5.74) is 7.29. The van der Waals surface area contributed by atoms with Gasteiger partial charge in [0, 0.05) is 30.6 Å². The number of likely N-dealkylation sites (tertiary alicyclic amines) is 1. The number of carbonyl (C=O) groups is 1. The zero-order valence-corrected chi connectivity index (χ0v) is 15.9. The molecule has 0 bridgehead atoms. The van der Waals surface area contributed by atoms with Gasteiger partial charge in [-0.05, 0) is 37.2 Å². The van der Waals surface area contributed by atoms with Crippen LogP contribution in [0.4, 0.5) is 0 Å². The molecule has 1 amide bonds. The normalized spacial score (nSPS) is 24.0. The molecule has 3 heterocycles. The molecule has 2 aromatic rings. The first-order valence-corrected chi connectivity index (χ1v) is 9.82. The average Bonchev–Trinajstić information content (AvgIpc) is 3.17. The van der Waals surface area contributed by atoms with E-state index >= 15 is 0 Å². The molecule has 3 N–H and O–H groups in total. The third kappa shape index (κ3) is 3.61. The van der Waals surface area contributed by atoms with Crippen molar-refractivity contribution in [2.75, 3.05) is 13.1 Å². The smallest absolute Gasteiger partial charge is 0.337 e. The van der Waals surface area contributed by atoms with E-state index in [9.17, 15) is 9.59 Å². The number of carbonyl (C=O) groups excluding carboxylic acids is 1. The van der Waals surface area contributed by atoms with E-state index in [0.717, 1.165) is 19.3 Å². The fraction of sp³-hybridized carbons (Fsp3) is 0.550. The molecule has 2 atom stereocenters. The topological polar surface area (TPSA) is 90.1 Å². The highest BCUT2D eigenvalue weighted by Gasteiger charge is 2.35. The van der Waals surface area contributed by atoms with Crippen LogP contribution in [-0.2, 0) is 0 Å². The van der Waals surface area contributed by atoms with Gasteiger partial charge in [0.15, 0.2) is 0 Å². The second kappa shape index (κ2) is 7.40. The summed E-state index contributed by atoms with van der Waals surface area (Å²) in [5.74, 6) is 1.03. The molecule has 7 nitrogen and oxygen atoms in total. The van der Waals surface area contributed by atoms with Gasteiger partial charge in [-0.2, -0.15) is 4.98 Å². The van der Waals surface area contributed by atoms with Crippen molar-refractivity contribution in [2.24, 2.45) is 11.8 Å². The van der Waals surface area contributed by atoms with Crippen molar-refractivity contribution in [1.82, 2.24) is 25.7 Å². The van der Waals surface area contributed by atoms with Crippen LogP contribution < -0.4 is 16.5 Å². The Labute approximate surface area is 158 Å². The fourth-order valence-electron chi connectivity index (χ4n) is 4.28. The lowest BCUT2D eigenvalue weighted by Gasteiger charge is -2.34. The van der Waals surface area contributed by atoms with E-state index < -0.39 is 5.69 Å². The predicted octanol–water partition coefficient (Wildman–Crippen LogP) is 1.67. The second-order valence-corrected chi connectivity index (χ2v) is 8.05. The van der Waals surface area contributed by atoms with Crippen LogP contribution in [0.1, 0.15) is 43.6 Å². The summed E-state index contributed by atoms with van der Waals surface area (Å²) in [6, 6.07) is 8.30. The molecule has 144 valence electrons. The first-order valence-electron chi connectivity index (χ1n) is 9.82. The van der Waals surface area contributed by atoms with E-state index in [4.69, 9.17) is 0 Å². The van der Waals surface area contributed by atoms with Crippen molar-refractivity contribution in [2.45, 2.75) is 45.2 Å². The third-order valence-electron chi connectivity index (χ3n) is 6.00. The summed E-state index contributed by atoms with van der Waals surface area (Å²) in [6.45, 7) is 5.89. The summed E-state index contributed by atoms with van der Waals surface area (Å²) in [7, 11) is 0. The molecular weight excluding hydrogens is 342 g/mol. The summed E-state index contributed by atoms with van der Waals surface area (Å²) in [4.78, 5) is 33.4. The van der Waals surface area contributed by atoms with Crippen LogP contribution >= 0.6 is 0 Å². The molecule has 0 aliphatic carbocycles. The van der Waals surface area contributed by atoms with Crippen LogP contribution in [0.2, 0.25) is 0 Å². The lowest BCUT2D eigenvalue weighted by atomic mass is 9.85. The molecule has 0 saturated carbocycles. The summed E-state index contributed by atoms with van der Waals surface area (Å²) in [6.07, 6.45) is 3.07. The van der Waals surface area contributed by atoms with Crippen molar-refractivity contribution >= 4 is 16.8 Å². The monoisotopic (exact) mass is 369 g/mol. The minimum atomic E-state index is -0.479. The highest BCUT2D eigenvalue weighted by Crippen LogP contribution is 2.28.